The molecule has 1 heterocycles. The second-order valence-corrected chi connectivity index (χ2v) is 4.15. The third kappa shape index (κ3) is 3.88. The summed E-state index contributed by atoms with van der Waals surface area (Å²) in [6.45, 7) is 2.15. The quantitative estimate of drug-likeness (QED) is 0.708. The Morgan fingerprint density at radius 2 is 2.00 bits per heavy atom. The molecule has 1 aromatic rings. The number of benzene rings is 1. The normalized spacial score (nSPS) is 12.1. The first-order valence-electron chi connectivity index (χ1n) is 6.39. The van der Waals surface area contributed by atoms with Crippen LogP contribution in [0.25, 0.3) is 0 Å². The predicted molar refractivity (Wildman–Crippen MR) is 68.9 cm³/mol. The van der Waals surface area contributed by atoms with E-state index in [1.54, 1.807) is 25.1 Å². The average Bonchev–Trinajstić information content (AvgIpc) is 2.90. The molecule has 0 aromatic heterocycles. The maximum Gasteiger partial charge on any atom is 0.306 e. The SMILES string of the molecule is CCOC(=O)CCC(=O)COc1ccc2c(c1)OCO2. The van der Waals surface area contributed by atoms with Crippen molar-refractivity contribution in [2.75, 3.05) is 20.0 Å². The molecule has 0 saturated carbocycles. The minimum Gasteiger partial charge on any atom is -0.486 e. The Hall–Kier alpha value is -2.24. The van der Waals surface area contributed by atoms with Crippen molar-refractivity contribution >= 4 is 11.8 Å². The Kier molecular flexibility index (Phi) is 4.81. The summed E-state index contributed by atoms with van der Waals surface area (Å²) in [7, 11) is 0. The lowest BCUT2D eigenvalue weighted by molar-refractivity contribution is -0.144. The van der Waals surface area contributed by atoms with E-state index in [2.05, 4.69) is 0 Å². The van der Waals surface area contributed by atoms with Gasteiger partial charge >= 0.3 is 5.97 Å². The van der Waals surface area contributed by atoms with Crippen molar-refractivity contribution in [3.05, 3.63) is 18.2 Å². The van der Waals surface area contributed by atoms with Crippen LogP contribution in [0.3, 0.4) is 0 Å². The highest BCUT2D eigenvalue weighted by Crippen LogP contribution is 2.35. The molecular formula is C14H16O6. The van der Waals surface area contributed by atoms with E-state index in [0.717, 1.165) is 0 Å². The van der Waals surface area contributed by atoms with Crippen molar-refractivity contribution < 1.29 is 28.5 Å². The van der Waals surface area contributed by atoms with Gasteiger partial charge in [0, 0.05) is 12.5 Å². The van der Waals surface area contributed by atoms with Crippen molar-refractivity contribution in [2.45, 2.75) is 19.8 Å². The lowest BCUT2D eigenvalue weighted by Crippen LogP contribution is -2.14. The highest BCUT2D eigenvalue weighted by atomic mass is 16.7. The zero-order valence-electron chi connectivity index (χ0n) is 11.2. The van der Waals surface area contributed by atoms with E-state index >= 15 is 0 Å². The molecule has 6 heteroatoms. The molecule has 0 spiro atoms. The number of carbonyl (C=O) groups excluding carboxylic acids is 2. The summed E-state index contributed by atoms with van der Waals surface area (Å²) in [6.07, 6.45) is 0.195. The van der Waals surface area contributed by atoms with Crippen LogP contribution in [-0.4, -0.2) is 31.8 Å². The van der Waals surface area contributed by atoms with Gasteiger partial charge in [0.05, 0.1) is 13.0 Å². The van der Waals surface area contributed by atoms with Crippen molar-refractivity contribution in [1.82, 2.24) is 0 Å². The molecule has 1 aliphatic heterocycles. The van der Waals surface area contributed by atoms with Crippen molar-refractivity contribution in [1.29, 1.82) is 0 Å². The maximum absolute atomic E-state index is 11.6. The lowest BCUT2D eigenvalue weighted by atomic mass is 10.2. The fourth-order valence-corrected chi connectivity index (χ4v) is 1.68. The fraction of sp³-hybridized carbons (Fsp3) is 0.429. The number of rotatable bonds is 7. The van der Waals surface area contributed by atoms with E-state index < -0.39 is 0 Å². The number of esters is 1. The third-order valence-electron chi connectivity index (χ3n) is 2.66. The molecule has 6 nitrogen and oxygen atoms in total. The summed E-state index contributed by atoms with van der Waals surface area (Å²) >= 11 is 0. The first kappa shape index (κ1) is 14.2. The van der Waals surface area contributed by atoms with Gasteiger partial charge in [0.1, 0.15) is 12.4 Å². The van der Waals surface area contributed by atoms with Crippen LogP contribution in [0.15, 0.2) is 18.2 Å². The molecule has 1 aliphatic rings. The molecule has 0 saturated heterocycles. The van der Waals surface area contributed by atoms with Gasteiger partial charge in [-0.25, -0.2) is 0 Å². The maximum atomic E-state index is 11.6. The number of carbonyl (C=O) groups is 2. The van der Waals surface area contributed by atoms with Crippen LogP contribution in [0.1, 0.15) is 19.8 Å². The topological polar surface area (TPSA) is 71.1 Å². The number of hydrogen-bond acceptors (Lipinski definition) is 6. The predicted octanol–water partition coefficient (Wildman–Crippen LogP) is 1.71. The van der Waals surface area contributed by atoms with Crippen LogP contribution in [0.2, 0.25) is 0 Å². The van der Waals surface area contributed by atoms with Crippen molar-refractivity contribution in [3.63, 3.8) is 0 Å². The fourth-order valence-electron chi connectivity index (χ4n) is 1.68. The molecule has 0 atom stereocenters. The van der Waals surface area contributed by atoms with Gasteiger partial charge in [0.15, 0.2) is 17.3 Å². The first-order valence-corrected chi connectivity index (χ1v) is 6.39. The summed E-state index contributed by atoms with van der Waals surface area (Å²) in [5.74, 6) is 1.26. The molecule has 108 valence electrons. The molecule has 0 bridgehead atoms. The van der Waals surface area contributed by atoms with Gasteiger partial charge in [0.2, 0.25) is 6.79 Å². The second kappa shape index (κ2) is 6.79. The van der Waals surface area contributed by atoms with Gasteiger partial charge in [-0.05, 0) is 19.1 Å². The van der Waals surface area contributed by atoms with Crippen LogP contribution in [0.4, 0.5) is 0 Å². The third-order valence-corrected chi connectivity index (χ3v) is 2.66. The molecule has 20 heavy (non-hydrogen) atoms. The second-order valence-electron chi connectivity index (χ2n) is 4.15. The van der Waals surface area contributed by atoms with Crippen LogP contribution in [-0.2, 0) is 14.3 Å². The molecular weight excluding hydrogens is 264 g/mol. The summed E-state index contributed by atoms with van der Waals surface area (Å²) in [5, 5.41) is 0. The monoisotopic (exact) mass is 280 g/mol. The number of hydrogen-bond donors (Lipinski definition) is 0. The van der Waals surface area contributed by atoms with Gasteiger partial charge in [-0.15, -0.1) is 0 Å². The van der Waals surface area contributed by atoms with Crippen LogP contribution >= 0.6 is 0 Å². The van der Waals surface area contributed by atoms with E-state index in [1.807, 2.05) is 0 Å². The van der Waals surface area contributed by atoms with Crippen molar-refractivity contribution in [3.8, 4) is 17.2 Å². The Morgan fingerprint density at radius 3 is 2.80 bits per heavy atom. The van der Waals surface area contributed by atoms with E-state index in [9.17, 15) is 9.59 Å². The Bertz CT molecular complexity index is 496. The molecule has 1 aromatic carbocycles. The van der Waals surface area contributed by atoms with Crippen LogP contribution < -0.4 is 14.2 Å². The van der Waals surface area contributed by atoms with Gasteiger partial charge in [0.25, 0.3) is 0 Å². The summed E-state index contributed by atoms with van der Waals surface area (Å²) in [4.78, 5) is 22.7. The summed E-state index contributed by atoms with van der Waals surface area (Å²) in [5.41, 5.74) is 0. The molecule has 0 unspecified atom stereocenters. The Morgan fingerprint density at radius 1 is 1.20 bits per heavy atom. The zero-order chi connectivity index (χ0) is 14.4. The Balaban J connectivity index is 1.74. The molecule has 0 amide bonds. The Labute approximate surface area is 116 Å². The molecule has 0 radical (unpaired) electrons. The van der Waals surface area contributed by atoms with E-state index in [1.165, 1.54) is 0 Å². The summed E-state index contributed by atoms with van der Waals surface area (Å²) < 4.78 is 20.5. The zero-order valence-corrected chi connectivity index (χ0v) is 11.2. The largest absolute Gasteiger partial charge is 0.486 e. The van der Waals surface area contributed by atoms with Gasteiger partial charge in [-0.1, -0.05) is 0 Å². The lowest BCUT2D eigenvalue weighted by Gasteiger charge is -2.06. The van der Waals surface area contributed by atoms with Gasteiger partial charge in [-0.3, -0.25) is 9.59 Å². The molecule has 0 aliphatic carbocycles. The summed E-state index contributed by atoms with van der Waals surface area (Å²) in [6, 6.07) is 5.09. The minimum absolute atomic E-state index is 0.0805. The molecule has 0 N–H and O–H groups in total. The molecule has 2 rings (SSSR count). The van der Waals surface area contributed by atoms with Crippen LogP contribution in [0.5, 0.6) is 17.2 Å². The van der Waals surface area contributed by atoms with Gasteiger partial charge < -0.3 is 18.9 Å². The highest BCUT2D eigenvalue weighted by molar-refractivity contribution is 5.84. The van der Waals surface area contributed by atoms with E-state index in [0.29, 0.717) is 23.9 Å². The highest BCUT2D eigenvalue weighted by Gasteiger charge is 2.14. The smallest absolute Gasteiger partial charge is 0.306 e. The standard InChI is InChI=1S/C14H16O6/c1-2-17-14(16)6-3-10(15)8-18-11-4-5-12-13(7-11)20-9-19-12/h4-5,7H,2-3,6,8-9H2,1H3. The first-order chi connectivity index (χ1) is 9.69. The molecule has 0 fully saturated rings. The van der Waals surface area contributed by atoms with E-state index in [-0.39, 0.29) is 38.0 Å². The number of fused-ring (bicyclic) bond motifs is 1. The van der Waals surface area contributed by atoms with Crippen molar-refractivity contribution in [2.24, 2.45) is 0 Å². The van der Waals surface area contributed by atoms with E-state index in [4.69, 9.17) is 18.9 Å². The average molecular weight is 280 g/mol. The number of Topliss-reactive ketones (excluding diaryl/α,β-unsaturated/α-hetero) is 1. The minimum atomic E-state index is -0.371. The number of ether oxygens (including phenoxy) is 4. The van der Waals surface area contributed by atoms with Crippen LogP contribution in [0, 0.1) is 0 Å². The van der Waals surface area contributed by atoms with Gasteiger partial charge in [-0.2, -0.15) is 0 Å². The number of ketones is 1.